The van der Waals surface area contributed by atoms with Gasteiger partial charge in [-0.15, -0.1) is 11.3 Å². The van der Waals surface area contributed by atoms with E-state index in [-0.39, 0.29) is 5.91 Å². The summed E-state index contributed by atoms with van der Waals surface area (Å²) < 4.78 is 0. The quantitative estimate of drug-likeness (QED) is 0.733. The van der Waals surface area contributed by atoms with E-state index in [4.69, 9.17) is 11.6 Å². The van der Waals surface area contributed by atoms with E-state index in [9.17, 15) is 4.79 Å². The molecule has 0 aliphatic rings. The van der Waals surface area contributed by atoms with E-state index in [1.165, 1.54) is 11.3 Å². The molecule has 0 radical (unpaired) electrons. The van der Waals surface area contributed by atoms with Gasteiger partial charge in [-0.2, -0.15) is 0 Å². The van der Waals surface area contributed by atoms with Crippen molar-refractivity contribution in [3.63, 3.8) is 0 Å². The molecule has 1 aromatic heterocycles. The molecule has 22 heavy (non-hydrogen) atoms. The Morgan fingerprint density at radius 3 is 2.68 bits per heavy atom. The lowest BCUT2D eigenvalue weighted by Gasteiger charge is -2.04. The highest BCUT2D eigenvalue weighted by Crippen LogP contribution is 2.26. The third kappa shape index (κ3) is 3.18. The maximum atomic E-state index is 12.3. The van der Waals surface area contributed by atoms with Gasteiger partial charge in [0.05, 0.1) is 16.3 Å². The molecule has 1 amide bonds. The predicted octanol–water partition coefficient (Wildman–Crippen LogP) is 5.02. The van der Waals surface area contributed by atoms with E-state index in [0.717, 1.165) is 16.8 Å². The van der Waals surface area contributed by atoms with Crippen molar-refractivity contribution >= 4 is 34.0 Å². The Morgan fingerprint density at radius 1 is 1.18 bits per heavy atom. The molecule has 0 bridgehead atoms. The lowest BCUT2D eigenvalue weighted by Crippen LogP contribution is -2.12. The molecule has 0 unspecified atom stereocenters. The zero-order valence-corrected chi connectivity index (χ0v) is 13.4. The molecule has 3 aromatic rings. The minimum absolute atomic E-state index is 0.251. The molecule has 0 aliphatic carbocycles. The van der Waals surface area contributed by atoms with Crippen molar-refractivity contribution in [2.45, 2.75) is 6.92 Å². The molecule has 1 heterocycles. The van der Waals surface area contributed by atoms with E-state index < -0.39 is 0 Å². The van der Waals surface area contributed by atoms with Gasteiger partial charge in [0, 0.05) is 10.9 Å². The van der Waals surface area contributed by atoms with Gasteiger partial charge in [-0.1, -0.05) is 48.0 Å². The standard InChI is InChI=1S/C17H13ClN2OS/c1-11-7-8-13(14(18)9-11)16(21)20-17-19-15(10-22-17)12-5-3-2-4-6-12/h2-10H,1H3,(H,19,20,21). The van der Waals surface area contributed by atoms with Crippen LogP contribution in [0.25, 0.3) is 11.3 Å². The van der Waals surface area contributed by atoms with Crippen LogP contribution in [0.2, 0.25) is 5.02 Å². The van der Waals surface area contributed by atoms with Crippen LogP contribution in [0.1, 0.15) is 15.9 Å². The number of aromatic nitrogens is 1. The number of benzene rings is 2. The monoisotopic (exact) mass is 328 g/mol. The van der Waals surface area contributed by atoms with E-state index in [0.29, 0.717) is 15.7 Å². The van der Waals surface area contributed by atoms with E-state index >= 15 is 0 Å². The van der Waals surface area contributed by atoms with Gasteiger partial charge in [0.15, 0.2) is 5.13 Å². The number of hydrogen-bond donors (Lipinski definition) is 1. The average molecular weight is 329 g/mol. The summed E-state index contributed by atoms with van der Waals surface area (Å²) in [7, 11) is 0. The zero-order valence-electron chi connectivity index (χ0n) is 11.8. The number of hydrogen-bond acceptors (Lipinski definition) is 3. The smallest absolute Gasteiger partial charge is 0.258 e. The van der Waals surface area contributed by atoms with Gasteiger partial charge in [0.25, 0.3) is 5.91 Å². The average Bonchev–Trinajstić information content (AvgIpc) is 2.96. The number of amides is 1. The topological polar surface area (TPSA) is 42.0 Å². The van der Waals surface area contributed by atoms with Gasteiger partial charge in [-0.05, 0) is 24.6 Å². The van der Waals surface area contributed by atoms with Crippen molar-refractivity contribution in [2.75, 3.05) is 5.32 Å². The molecular weight excluding hydrogens is 316 g/mol. The van der Waals surface area contributed by atoms with Crippen LogP contribution in [0.5, 0.6) is 0 Å². The van der Waals surface area contributed by atoms with Crippen molar-refractivity contribution in [2.24, 2.45) is 0 Å². The van der Waals surface area contributed by atoms with Crippen LogP contribution in [-0.2, 0) is 0 Å². The summed E-state index contributed by atoms with van der Waals surface area (Å²) in [5, 5.41) is 5.71. The molecule has 110 valence electrons. The molecular formula is C17H13ClN2OS. The Balaban J connectivity index is 1.79. The van der Waals surface area contributed by atoms with Crippen LogP contribution in [0, 0.1) is 6.92 Å². The Hall–Kier alpha value is -2.17. The number of thiazole rings is 1. The highest BCUT2D eigenvalue weighted by Gasteiger charge is 2.13. The lowest BCUT2D eigenvalue weighted by atomic mass is 10.1. The second-order valence-corrected chi connectivity index (χ2v) is 6.11. The normalized spacial score (nSPS) is 10.5. The molecule has 0 fully saturated rings. The first-order chi connectivity index (χ1) is 10.6. The number of carbonyl (C=O) groups excluding carboxylic acids is 1. The first-order valence-electron chi connectivity index (χ1n) is 6.72. The van der Waals surface area contributed by atoms with E-state index in [2.05, 4.69) is 10.3 Å². The van der Waals surface area contributed by atoms with Crippen molar-refractivity contribution in [1.82, 2.24) is 4.98 Å². The fraction of sp³-hybridized carbons (Fsp3) is 0.0588. The number of rotatable bonds is 3. The Kier molecular flexibility index (Phi) is 4.22. The molecule has 0 saturated heterocycles. The first kappa shape index (κ1) is 14.8. The Morgan fingerprint density at radius 2 is 1.95 bits per heavy atom. The van der Waals surface area contributed by atoms with Crippen LogP contribution < -0.4 is 5.32 Å². The SMILES string of the molecule is Cc1ccc(C(=O)Nc2nc(-c3ccccc3)cs2)c(Cl)c1. The minimum Gasteiger partial charge on any atom is -0.298 e. The number of nitrogens with one attached hydrogen (secondary N) is 1. The lowest BCUT2D eigenvalue weighted by molar-refractivity contribution is 0.102. The number of anilines is 1. The molecule has 0 spiro atoms. The number of carbonyl (C=O) groups is 1. The van der Waals surface area contributed by atoms with Crippen molar-refractivity contribution in [3.8, 4) is 11.3 Å². The molecule has 1 N–H and O–H groups in total. The number of nitrogens with zero attached hydrogens (tertiary/aromatic N) is 1. The predicted molar refractivity (Wildman–Crippen MR) is 91.7 cm³/mol. The molecule has 5 heteroatoms. The second kappa shape index (κ2) is 6.30. The summed E-state index contributed by atoms with van der Waals surface area (Å²) in [6.45, 7) is 1.93. The van der Waals surface area contributed by atoms with Crippen molar-refractivity contribution < 1.29 is 4.79 Å². The number of halogens is 1. The first-order valence-corrected chi connectivity index (χ1v) is 7.98. The van der Waals surface area contributed by atoms with Gasteiger partial charge in [0.2, 0.25) is 0 Å². The Labute approximate surface area is 137 Å². The third-order valence-electron chi connectivity index (χ3n) is 3.16. The summed E-state index contributed by atoms with van der Waals surface area (Å²) in [4.78, 5) is 16.7. The van der Waals surface area contributed by atoms with Crippen LogP contribution in [-0.4, -0.2) is 10.9 Å². The van der Waals surface area contributed by atoms with Gasteiger partial charge in [0.1, 0.15) is 0 Å². The summed E-state index contributed by atoms with van der Waals surface area (Å²) in [6.07, 6.45) is 0. The molecule has 3 rings (SSSR count). The van der Waals surface area contributed by atoms with Crippen LogP contribution in [0.15, 0.2) is 53.9 Å². The fourth-order valence-electron chi connectivity index (χ4n) is 2.04. The van der Waals surface area contributed by atoms with Gasteiger partial charge < -0.3 is 0 Å². The zero-order chi connectivity index (χ0) is 15.5. The molecule has 3 nitrogen and oxygen atoms in total. The van der Waals surface area contributed by atoms with Gasteiger partial charge in [-0.25, -0.2) is 4.98 Å². The molecule has 0 atom stereocenters. The molecule has 2 aromatic carbocycles. The summed E-state index contributed by atoms with van der Waals surface area (Å²) in [6, 6.07) is 15.2. The second-order valence-electron chi connectivity index (χ2n) is 4.84. The van der Waals surface area contributed by atoms with E-state index in [1.54, 1.807) is 12.1 Å². The fourth-order valence-corrected chi connectivity index (χ4v) is 3.08. The Bertz CT molecular complexity index is 815. The number of aryl methyl sites for hydroxylation is 1. The van der Waals surface area contributed by atoms with Crippen LogP contribution >= 0.6 is 22.9 Å². The van der Waals surface area contributed by atoms with Crippen molar-refractivity contribution in [1.29, 1.82) is 0 Å². The summed E-state index contributed by atoms with van der Waals surface area (Å²) in [5.41, 5.74) is 3.33. The minimum atomic E-state index is -0.251. The van der Waals surface area contributed by atoms with Crippen LogP contribution in [0.3, 0.4) is 0 Å². The molecule has 0 saturated carbocycles. The maximum absolute atomic E-state index is 12.3. The third-order valence-corrected chi connectivity index (χ3v) is 4.23. The maximum Gasteiger partial charge on any atom is 0.258 e. The largest absolute Gasteiger partial charge is 0.298 e. The molecule has 0 aliphatic heterocycles. The summed E-state index contributed by atoms with van der Waals surface area (Å²) in [5.74, 6) is -0.251. The van der Waals surface area contributed by atoms with Crippen LogP contribution in [0.4, 0.5) is 5.13 Å². The highest BCUT2D eigenvalue weighted by molar-refractivity contribution is 7.14. The van der Waals surface area contributed by atoms with E-state index in [1.807, 2.05) is 48.7 Å². The van der Waals surface area contributed by atoms with Gasteiger partial charge in [-0.3, -0.25) is 10.1 Å². The van der Waals surface area contributed by atoms with Gasteiger partial charge >= 0.3 is 0 Å². The summed E-state index contributed by atoms with van der Waals surface area (Å²) >= 11 is 7.50. The van der Waals surface area contributed by atoms with Crippen molar-refractivity contribution in [3.05, 3.63) is 70.1 Å². The highest BCUT2D eigenvalue weighted by atomic mass is 35.5.